The molecule has 6 heteroatoms. The molecular weight excluding hydrogens is 350 g/mol. The number of aryl methyl sites for hydroxylation is 1. The maximum absolute atomic E-state index is 12.8. The molecule has 0 aromatic heterocycles. The maximum Gasteiger partial charge on any atom is 0.251 e. The Morgan fingerprint density at radius 2 is 1.81 bits per heavy atom. The van der Waals surface area contributed by atoms with Crippen molar-refractivity contribution in [3.63, 3.8) is 0 Å². The zero-order valence-corrected chi connectivity index (χ0v) is 16.6. The molecule has 2 bridgehead atoms. The highest BCUT2D eigenvalue weighted by atomic mass is 35.5. The van der Waals surface area contributed by atoms with Crippen LogP contribution >= 0.6 is 12.4 Å². The van der Waals surface area contributed by atoms with Crippen LogP contribution in [0.15, 0.2) is 24.3 Å². The van der Waals surface area contributed by atoms with Gasteiger partial charge in [-0.3, -0.25) is 9.59 Å². The number of hydrogen-bond donors (Lipinski definition) is 3. The molecule has 26 heavy (non-hydrogen) atoms. The number of rotatable bonds is 5. The lowest BCUT2D eigenvalue weighted by Crippen LogP contribution is -2.55. The Hall–Kier alpha value is -1.59. The fraction of sp³-hybridized carbons (Fsp3) is 0.600. The Labute approximate surface area is 162 Å². The van der Waals surface area contributed by atoms with Gasteiger partial charge in [0.05, 0.1) is 0 Å². The Bertz CT molecular complexity index is 638. The van der Waals surface area contributed by atoms with E-state index in [1.807, 2.05) is 39.0 Å². The zero-order valence-electron chi connectivity index (χ0n) is 15.7. The minimum atomic E-state index is -0.513. The van der Waals surface area contributed by atoms with Crippen LogP contribution in [0.3, 0.4) is 0 Å². The van der Waals surface area contributed by atoms with E-state index in [0.717, 1.165) is 18.4 Å². The number of carbonyl (C=O) groups is 2. The normalized spacial score (nSPS) is 25.3. The highest BCUT2D eigenvalue weighted by Crippen LogP contribution is 2.26. The molecule has 0 radical (unpaired) electrons. The lowest BCUT2D eigenvalue weighted by Gasteiger charge is -2.31. The van der Waals surface area contributed by atoms with Crippen LogP contribution in [-0.4, -0.2) is 36.0 Å². The molecule has 2 amide bonds. The average Bonchev–Trinajstić information content (AvgIpc) is 2.90. The minimum absolute atomic E-state index is 0. The molecule has 2 aliphatic heterocycles. The van der Waals surface area contributed by atoms with Crippen molar-refractivity contribution in [2.75, 3.05) is 0 Å². The molecule has 5 nitrogen and oxygen atoms in total. The summed E-state index contributed by atoms with van der Waals surface area (Å²) in [6.45, 7) is 5.88. The van der Waals surface area contributed by atoms with E-state index in [9.17, 15) is 9.59 Å². The fourth-order valence-electron chi connectivity index (χ4n) is 4.01. The quantitative estimate of drug-likeness (QED) is 0.736. The van der Waals surface area contributed by atoms with E-state index in [4.69, 9.17) is 0 Å². The molecule has 2 heterocycles. The van der Waals surface area contributed by atoms with Crippen molar-refractivity contribution in [3.8, 4) is 0 Å². The first-order chi connectivity index (χ1) is 11.9. The monoisotopic (exact) mass is 379 g/mol. The average molecular weight is 380 g/mol. The van der Waals surface area contributed by atoms with E-state index in [0.29, 0.717) is 17.6 Å². The first-order valence-electron chi connectivity index (χ1n) is 9.36. The van der Waals surface area contributed by atoms with Gasteiger partial charge in [-0.25, -0.2) is 0 Å². The second kappa shape index (κ2) is 8.87. The molecule has 1 aromatic carbocycles. The van der Waals surface area contributed by atoms with Gasteiger partial charge in [-0.1, -0.05) is 31.5 Å². The molecule has 1 aromatic rings. The van der Waals surface area contributed by atoms with Crippen molar-refractivity contribution in [3.05, 3.63) is 35.4 Å². The molecule has 3 N–H and O–H groups in total. The third-order valence-electron chi connectivity index (χ3n) is 5.34. The number of fused-ring (bicyclic) bond motifs is 2. The number of nitrogens with one attached hydrogen (secondary N) is 3. The highest BCUT2D eigenvalue weighted by molar-refractivity contribution is 5.97. The molecule has 2 aliphatic rings. The van der Waals surface area contributed by atoms with Crippen LogP contribution in [0.1, 0.15) is 55.5 Å². The number of halogens is 1. The second-order valence-corrected chi connectivity index (χ2v) is 7.88. The smallest absolute Gasteiger partial charge is 0.251 e. The van der Waals surface area contributed by atoms with Gasteiger partial charge in [0.25, 0.3) is 5.91 Å². The summed E-state index contributed by atoms with van der Waals surface area (Å²) in [6, 6.07) is 8.20. The first-order valence-corrected chi connectivity index (χ1v) is 9.36. The number of carbonyl (C=O) groups excluding carboxylic acids is 2. The van der Waals surface area contributed by atoms with Gasteiger partial charge in [0.15, 0.2) is 0 Å². The highest BCUT2D eigenvalue weighted by Gasteiger charge is 2.35. The molecule has 3 atom stereocenters. The molecule has 0 saturated carbocycles. The van der Waals surface area contributed by atoms with Crippen LogP contribution < -0.4 is 16.0 Å². The Kier molecular flexibility index (Phi) is 7.07. The van der Waals surface area contributed by atoms with Crippen LogP contribution in [-0.2, 0) is 4.79 Å². The maximum atomic E-state index is 12.8. The third kappa shape index (κ3) is 4.98. The summed E-state index contributed by atoms with van der Waals surface area (Å²) in [6.07, 6.45) is 4.38. The SMILES string of the molecule is Cc1cccc(C(=O)NC(C(=O)NC2CC3CCC(C2)N3)C(C)C)c1.Cl. The van der Waals surface area contributed by atoms with Gasteiger partial charge in [0.2, 0.25) is 5.91 Å². The number of benzene rings is 1. The summed E-state index contributed by atoms with van der Waals surface area (Å²) in [5.74, 6) is -0.225. The van der Waals surface area contributed by atoms with Crippen LogP contribution in [0.25, 0.3) is 0 Å². The summed E-state index contributed by atoms with van der Waals surface area (Å²) >= 11 is 0. The Morgan fingerprint density at radius 3 is 2.38 bits per heavy atom. The molecule has 144 valence electrons. The predicted octanol–water partition coefficient (Wildman–Crippen LogP) is 2.57. The zero-order chi connectivity index (χ0) is 18.0. The lowest BCUT2D eigenvalue weighted by atomic mass is 9.97. The molecule has 0 spiro atoms. The Morgan fingerprint density at radius 1 is 1.15 bits per heavy atom. The van der Waals surface area contributed by atoms with Crippen LogP contribution in [0.4, 0.5) is 0 Å². The van der Waals surface area contributed by atoms with Crippen LogP contribution in [0, 0.1) is 12.8 Å². The van der Waals surface area contributed by atoms with Crippen LogP contribution in [0.2, 0.25) is 0 Å². The second-order valence-electron chi connectivity index (χ2n) is 7.88. The van der Waals surface area contributed by atoms with Gasteiger partial charge in [-0.05, 0) is 50.7 Å². The van der Waals surface area contributed by atoms with Crippen molar-refractivity contribution >= 4 is 24.2 Å². The van der Waals surface area contributed by atoms with E-state index in [2.05, 4.69) is 16.0 Å². The first kappa shape index (κ1) is 20.7. The van der Waals surface area contributed by atoms with E-state index < -0.39 is 6.04 Å². The largest absolute Gasteiger partial charge is 0.351 e. The van der Waals surface area contributed by atoms with Gasteiger partial charge < -0.3 is 16.0 Å². The minimum Gasteiger partial charge on any atom is -0.351 e. The van der Waals surface area contributed by atoms with Crippen molar-refractivity contribution in [2.45, 2.75) is 70.6 Å². The lowest BCUT2D eigenvalue weighted by molar-refractivity contribution is -0.124. The third-order valence-corrected chi connectivity index (χ3v) is 5.34. The summed E-state index contributed by atoms with van der Waals surface area (Å²) in [4.78, 5) is 25.3. The van der Waals surface area contributed by atoms with Gasteiger partial charge in [-0.15, -0.1) is 12.4 Å². The molecule has 2 fully saturated rings. The summed E-state index contributed by atoms with van der Waals surface area (Å²) < 4.78 is 0. The van der Waals surface area contributed by atoms with E-state index >= 15 is 0 Å². The van der Waals surface area contributed by atoms with Gasteiger partial charge >= 0.3 is 0 Å². The van der Waals surface area contributed by atoms with E-state index in [1.54, 1.807) is 6.07 Å². The van der Waals surface area contributed by atoms with E-state index in [-0.39, 0.29) is 36.2 Å². The summed E-state index contributed by atoms with van der Waals surface area (Å²) in [5.41, 5.74) is 1.63. The van der Waals surface area contributed by atoms with Crippen molar-refractivity contribution in [1.82, 2.24) is 16.0 Å². The Balaban J connectivity index is 0.00000243. The molecule has 0 aliphatic carbocycles. The standard InChI is InChI=1S/C20H29N3O2.ClH/c1-12(2)18(23-19(24)14-6-4-5-13(3)9-14)20(25)22-17-10-15-7-8-16(11-17)21-15;/h4-6,9,12,15-18,21H,7-8,10-11H2,1-3H3,(H,22,25)(H,23,24);1H. The predicted molar refractivity (Wildman–Crippen MR) is 106 cm³/mol. The molecule has 3 rings (SSSR count). The fourth-order valence-corrected chi connectivity index (χ4v) is 4.01. The van der Waals surface area contributed by atoms with Crippen molar-refractivity contribution < 1.29 is 9.59 Å². The summed E-state index contributed by atoms with van der Waals surface area (Å²) in [5, 5.41) is 9.68. The number of hydrogen-bond acceptors (Lipinski definition) is 3. The van der Waals surface area contributed by atoms with Crippen molar-refractivity contribution in [2.24, 2.45) is 5.92 Å². The summed E-state index contributed by atoms with van der Waals surface area (Å²) in [7, 11) is 0. The molecule has 2 saturated heterocycles. The van der Waals surface area contributed by atoms with Gasteiger partial charge in [-0.2, -0.15) is 0 Å². The number of amides is 2. The van der Waals surface area contributed by atoms with Crippen molar-refractivity contribution in [1.29, 1.82) is 0 Å². The van der Waals surface area contributed by atoms with Gasteiger partial charge in [0.1, 0.15) is 6.04 Å². The topological polar surface area (TPSA) is 70.2 Å². The van der Waals surface area contributed by atoms with Gasteiger partial charge in [0, 0.05) is 23.7 Å². The molecular formula is C20H30ClN3O2. The van der Waals surface area contributed by atoms with Crippen LogP contribution in [0.5, 0.6) is 0 Å². The number of piperidine rings is 1. The van der Waals surface area contributed by atoms with E-state index in [1.165, 1.54) is 12.8 Å². The molecule has 3 unspecified atom stereocenters.